The van der Waals surface area contributed by atoms with E-state index < -0.39 is 0 Å². The molecule has 1 atom stereocenters. The fourth-order valence-corrected chi connectivity index (χ4v) is 5.28. The van der Waals surface area contributed by atoms with Crippen LogP contribution in [-0.4, -0.2) is 61.9 Å². The zero-order valence-electron chi connectivity index (χ0n) is 18.6. The first-order chi connectivity index (χ1) is 15.6. The summed E-state index contributed by atoms with van der Waals surface area (Å²) >= 11 is 0. The SMILES string of the molecule is CNCCSSCCNC(=O)C[n+]1ccc(C=Cc2ccc(N3CCC(O)C3)cc2)cc1. The van der Waals surface area contributed by atoms with E-state index in [1.54, 1.807) is 10.8 Å². The van der Waals surface area contributed by atoms with E-state index in [1.165, 1.54) is 0 Å². The van der Waals surface area contributed by atoms with Crippen LogP contribution in [0.25, 0.3) is 12.2 Å². The molecule has 172 valence electrons. The van der Waals surface area contributed by atoms with Gasteiger partial charge in [0.05, 0.1) is 6.10 Å². The Hall–Kier alpha value is -2.00. The van der Waals surface area contributed by atoms with Crippen LogP contribution < -0.4 is 20.1 Å². The van der Waals surface area contributed by atoms with Crippen molar-refractivity contribution in [1.29, 1.82) is 0 Å². The predicted molar refractivity (Wildman–Crippen MR) is 137 cm³/mol. The number of benzene rings is 1. The van der Waals surface area contributed by atoms with Crippen LogP contribution in [0.1, 0.15) is 17.5 Å². The number of carbonyl (C=O) groups is 1. The van der Waals surface area contributed by atoms with E-state index in [-0.39, 0.29) is 12.0 Å². The third-order valence-corrected chi connectivity index (χ3v) is 7.57. The number of nitrogens with one attached hydrogen (secondary N) is 2. The molecule has 0 radical (unpaired) electrons. The first-order valence-corrected chi connectivity index (χ1v) is 13.5. The van der Waals surface area contributed by atoms with Crippen molar-refractivity contribution in [3.8, 4) is 0 Å². The van der Waals surface area contributed by atoms with Crippen LogP contribution in [0.5, 0.6) is 0 Å². The Labute approximate surface area is 198 Å². The molecule has 1 aromatic carbocycles. The largest absolute Gasteiger partial charge is 0.391 e. The van der Waals surface area contributed by atoms with E-state index >= 15 is 0 Å². The van der Waals surface area contributed by atoms with E-state index in [2.05, 4.69) is 52.0 Å². The molecule has 1 aliphatic rings. The standard InChI is InChI=1S/C24H32N4O2S2/c1-25-11-16-31-32-17-12-26-24(30)19-27-13-8-21(9-14-27)3-2-20-4-6-22(7-5-20)28-15-10-23(29)18-28/h2-9,13-14,23,25,29H,10-12,15-19H2,1H3/p+1. The molecule has 1 saturated heterocycles. The molecule has 3 rings (SSSR count). The average Bonchev–Trinajstić information content (AvgIpc) is 3.24. The van der Waals surface area contributed by atoms with Gasteiger partial charge in [0.15, 0.2) is 12.4 Å². The normalized spacial score (nSPS) is 16.1. The molecule has 1 aromatic heterocycles. The molecule has 6 nitrogen and oxygen atoms in total. The van der Waals surface area contributed by atoms with Crippen molar-refractivity contribution in [3.63, 3.8) is 0 Å². The van der Waals surface area contributed by atoms with E-state index in [1.807, 2.05) is 46.9 Å². The lowest BCUT2D eigenvalue weighted by molar-refractivity contribution is -0.684. The van der Waals surface area contributed by atoms with Gasteiger partial charge in [-0.1, -0.05) is 45.9 Å². The van der Waals surface area contributed by atoms with Gasteiger partial charge in [0, 0.05) is 55.5 Å². The summed E-state index contributed by atoms with van der Waals surface area (Å²) in [7, 11) is 5.57. The second kappa shape index (κ2) is 13.5. The zero-order chi connectivity index (χ0) is 22.6. The van der Waals surface area contributed by atoms with Crippen molar-refractivity contribution < 1.29 is 14.5 Å². The molecule has 1 amide bonds. The molecule has 1 aliphatic heterocycles. The molecular weight excluding hydrogens is 440 g/mol. The molecule has 3 N–H and O–H groups in total. The molecule has 1 fully saturated rings. The van der Waals surface area contributed by atoms with Crippen LogP contribution in [0.4, 0.5) is 5.69 Å². The maximum atomic E-state index is 12.1. The van der Waals surface area contributed by atoms with Gasteiger partial charge < -0.3 is 20.6 Å². The monoisotopic (exact) mass is 473 g/mol. The van der Waals surface area contributed by atoms with Gasteiger partial charge >= 0.3 is 0 Å². The number of aliphatic hydroxyl groups is 1. The predicted octanol–water partition coefficient (Wildman–Crippen LogP) is 2.43. The number of amides is 1. The molecular formula is C24H33N4O2S2+. The quantitative estimate of drug-likeness (QED) is 0.250. The molecule has 32 heavy (non-hydrogen) atoms. The summed E-state index contributed by atoms with van der Waals surface area (Å²) in [4.78, 5) is 14.3. The van der Waals surface area contributed by atoms with Crippen LogP contribution in [0.3, 0.4) is 0 Å². The lowest BCUT2D eigenvalue weighted by Gasteiger charge is -2.17. The van der Waals surface area contributed by atoms with Gasteiger partial charge in [0.2, 0.25) is 6.54 Å². The maximum Gasteiger partial charge on any atom is 0.286 e. The highest BCUT2D eigenvalue weighted by Gasteiger charge is 2.19. The topological polar surface area (TPSA) is 68.5 Å². The molecule has 0 spiro atoms. The minimum atomic E-state index is -0.210. The summed E-state index contributed by atoms with van der Waals surface area (Å²) in [5, 5.41) is 15.8. The van der Waals surface area contributed by atoms with Gasteiger partial charge in [-0.05, 0) is 36.7 Å². The summed E-state index contributed by atoms with van der Waals surface area (Å²) in [5.74, 6) is 2.01. The summed E-state index contributed by atoms with van der Waals surface area (Å²) in [5.41, 5.74) is 3.37. The third kappa shape index (κ3) is 8.50. The van der Waals surface area contributed by atoms with Gasteiger partial charge in [-0.15, -0.1) is 0 Å². The number of pyridine rings is 1. The van der Waals surface area contributed by atoms with Crippen molar-refractivity contribution in [3.05, 3.63) is 59.9 Å². The third-order valence-electron chi connectivity index (χ3n) is 5.16. The van der Waals surface area contributed by atoms with E-state index in [0.717, 1.165) is 47.8 Å². The van der Waals surface area contributed by atoms with Crippen LogP contribution in [0.2, 0.25) is 0 Å². The Morgan fingerprint density at radius 3 is 2.38 bits per heavy atom. The molecule has 8 heteroatoms. The summed E-state index contributed by atoms with van der Waals surface area (Å²) in [6.45, 7) is 3.64. The van der Waals surface area contributed by atoms with Crippen LogP contribution in [0.15, 0.2) is 48.8 Å². The van der Waals surface area contributed by atoms with Crippen LogP contribution >= 0.6 is 21.6 Å². The average molecular weight is 474 g/mol. The molecule has 2 heterocycles. The highest BCUT2D eigenvalue weighted by molar-refractivity contribution is 8.76. The van der Waals surface area contributed by atoms with Gasteiger partial charge in [-0.25, -0.2) is 0 Å². The van der Waals surface area contributed by atoms with Gasteiger partial charge in [0.25, 0.3) is 5.91 Å². The van der Waals surface area contributed by atoms with Crippen molar-refractivity contribution in [1.82, 2.24) is 10.6 Å². The molecule has 1 unspecified atom stereocenters. The minimum absolute atomic E-state index is 0.0322. The maximum absolute atomic E-state index is 12.1. The molecule has 0 saturated carbocycles. The number of nitrogens with zero attached hydrogens (tertiary/aromatic N) is 2. The highest BCUT2D eigenvalue weighted by Crippen LogP contribution is 2.21. The van der Waals surface area contributed by atoms with Crippen molar-refractivity contribution in [2.24, 2.45) is 0 Å². The van der Waals surface area contributed by atoms with E-state index in [0.29, 0.717) is 19.6 Å². The summed E-state index contributed by atoms with van der Waals surface area (Å²) in [6.07, 6.45) is 8.65. The number of aromatic nitrogens is 1. The second-order valence-electron chi connectivity index (χ2n) is 7.71. The fourth-order valence-electron chi connectivity index (χ4n) is 3.37. The Morgan fingerprint density at radius 1 is 1.09 bits per heavy atom. The smallest absolute Gasteiger partial charge is 0.286 e. The van der Waals surface area contributed by atoms with Gasteiger partial charge in [-0.3, -0.25) is 4.79 Å². The van der Waals surface area contributed by atoms with Crippen LogP contribution in [0, 0.1) is 0 Å². The first kappa shape index (κ1) is 24.6. The Bertz CT molecular complexity index is 859. The van der Waals surface area contributed by atoms with Gasteiger partial charge in [0.1, 0.15) is 0 Å². The number of hydrogen-bond donors (Lipinski definition) is 3. The van der Waals surface area contributed by atoms with Gasteiger partial charge in [-0.2, -0.15) is 4.57 Å². The number of aliphatic hydroxyl groups excluding tert-OH is 1. The summed E-state index contributed by atoms with van der Waals surface area (Å²) < 4.78 is 1.89. The number of anilines is 1. The number of β-amino-alcohol motifs (C(OH)–C–C–N with tert-alkyl or cyclic N) is 1. The Balaban J connectivity index is 1.39. The van der Waals surface area contributed by atoms with E-state index in [9.17, 15) is 9.90 Å². The van der Waals surface area contributed by atoms with Crippen molar-refractivity contribution in [2.45, 2.75) is 19.1 Å². The second-order valence-corrected chi connectivity index (χ2v) is 10.4. The minimum Gasteiger partial charge on any atom is -0.391 e. The molecule has 0 aliphatic carbocycles. The van der Waals surface area contributed by atoms with Crippen molar-refractivity contribution >= 4 is 45.3 Å². The number of rotatable bonds is 12. The summed E-state index contributed by atoms with van der Waals surface area (Å²) in [6, 6.07) is 12.4. The fraction of sp³-hybridized carbons (Fsp3) is 0.417. The van der Waals surface area contributed by atoms with Crippen molar-refractivity contribution in [2.75, 3.05) is 49.6 Å². The lowest BCUT2D eigenvalue weighted by Crippen LogP contribution is -2.42. The first-order valence-electron chi connectivity index (χ1n) is 11.0. The number of carbonyl (C=O) groups excluding carboxylic acids is 1. The molecule has 2 aromatic rings. The number of hydrogen-bond acceptors (Lipinski definition) is 6. The Kier molecular flexibility index (Phi) is 10.4. The molecule has 0 bridgehead atoms. The Morgan fingerprint density at radius 2 is 1.75 bits per heavy atom. The van der Waals surface area contributed by atoms with Crippen LogP contribution in [-0.2, 0) is 11.3 Å². The zero-order valence-corrected chi connectivity index (χ0v) is 20.2. The lowest BCUT2D eigenvalue weighted by atomic mass is 10.1. The van der Waals surface area contributed by atoms with E-state index in [4.69, 9.17) is 0 Å². The highest BCUT2D eigenvalue weighted by atomic mass is 33.1.